The van der Waals surface area contributed by atoms with E-state index < -0.39 is 0 Å². The third-order valence-corrected chi connectivity index (χ3v) is 2.70. The van der Waals surface area contributed by atoms with Crippen LogP contribution in [0.15, 0.2) is 0 Å². The van der Waals surface area contributed by atoms with E-state index in [0.717, 1.165) is 19.5 Å². The van der Waals surface area contributed by atoms with Crippen molar-refractivity contribution in [3.63, 3.8) is 0 Å². The SMILES string of the molecule is CC.CCC(C)C(=O)N1CCCCC1. The van der Waals surface area contributed by atoms with Crippen molar-refractivity contribution in [2.75, 3.05) is 13.1 Å². The standard InChI is InChI=1S/C10H19NO.C2H6/c1-3-9(2)10(12)11-7-5-4-6-8-11;1-2/h9H,3-8H2,1-2H3;1-2H3. The minimum atomic E-state index is 0.225. The molecule has 0 aliphatic carbocycles. The van der Waals surface area contributed by atoms with Crippen molar-refractivity contribution < 1.29 is 4.79 Å². The van der Waals surface area contributed by atoms with Gasteiger partial charge in [-0.3, -0.25) is 4.79 Å². The fourth-order valence-electron chi connectivity index (χ4n) is 1.60. The van der Waals surface area contributed by atoms with Gasteiger partial charge in [-0.05, 0) is 25.7 Å². The number of carbonyl (C=O) groups excluding carboxylic acids is 1. The summed E-state index contributed by atoms with van der Waals surface area (Å²) in [5.41, 5.74) is 0. The summed E-state index contributed by atoms with van der Waals surface area (Å²) in [6.07, 6.45) is 4.66. The number of amides is 1. The Hall–Kier alpha value is -0.530. The van der Waals surface area contributed by atoms with E-state index >= 15 is 0 Å². The van der Waals surface area contributed by atoms with E-state index in [1.165, 1.54) is 19.3 Å². The van der Waals surface area contributed by atoms with Gasteiger partial charge < -0.3 is 4.90 Å². The van der Waals surface area contributed by atoms with Gasteiger partial charge in [0.05, 0.1) is 0 Å². The minimum absolute atomic E-state index is 0.225. The Morgan fingerprint density at radius 2 is 1.71 bits per heavy atom. The monoisotopic (exact) mass is 199 g/mol. The van der Waals surface area contributed by atoms with Crippen molar-refractivity contribution in [3.8, 4) is 0 Å². The lowest BCUT2D eigenvalue weighted by atomic mass is 10.0. The molecule has 0 radical (unpaired) electrons. The zero-order valence-electron chi connectivity index (χ0n) is 10.2. The van der Waals surface area contributed by atoms with Crippen molar-refractivity contribution in [2.24, 2.45) is 5.92 Å². The molecule has 0 N–H and O–H groups in total. The Kier molecular flexibility index (Phi) is 7.54. The summed E-state index contributed by atoms with van der Waals surface area (Å²) >= 11 is 0. The molecule has 0 aromatic carbocycles. The molecule has 1 rings (SSSR count). The fourth-order valence-corrected chi connectivity index (χ4v) is 1.60. The predicted molar refractivity (Wildman–Crippen MR) is 61.2 cm³/mol. The van der Waals surface area contributed by atoms with Crippen LogP contribution in [-0.4, -0.2) is 23.9 Å². The maximum Gasteiger partial charge on any atom is 0.225 e. The molecule has 1 unspecified atom stereocenters. The molecule has 1 heterocycles. The molecule has 84 valence electrons. The molecule has 1 amide bonds. The molecule has 0 spiro atoms. The quantitative estimate of drug-likeness (QED) is 0.669. The molecule has 1 aliphatic rings. The van der Waals surface area contributed by atoms with Crippen LogP contribution in [0.3, 0.4) is 0 Å². The van der Waals surface area contributed by atoms with Crippen LogP contribution < -0.4 is 0 Å². The third-order valence-electron chi connectivity index (χ3n) is 2.70. The highest BCUT2D eigenvalue weighted by Crippen LogP contribution is 2.13. The minimum Gasteiger partial charge on any atom is -0.342 e. The van der Waals surface area contributed by atoms with Gasteiger partial charge in [0.1, 0.15) is 0 Å². The second-order valence-electron chi connectivity index (χ2n) is 3.70. The zero-order valence-corrected chi connectivity index (χ0v) is 10.2. The van der Waals surface area contributed by atoms with Gasteiger partial charge in [-0.1, -0.05) is 27.7 Å². The molecule has 1 fully saturated rings. The first-order valence-electron chi connectivity index (χ1n) is 6.04. The lowest BCUT2D eigenvalue weighted by Gasteiger charge is -2.28. The number of rotatable bonds is 2. The molecule has 14 heavy (non-hydrogen) atoms. The molecule has 0 bridgehead atoms. The van der Waals surface area contributed by atoms with Crippen LogP contribution in [0.1, 0.15) is 53.4 Å². The Morgan fingerprint density at radius 3 is 2.14 bits per heavy atom. The smallest absolute Gasteiger partial charge is 0.225 e. The normalized spacial score (nSPS) is 18.1. The summed E-state index contributed by atoms with van der Waals surface area (Å²) in [5, 5.41) is 0. The van der Waals surface area contributed by atoms with Crippen LogP contribution in [0.5, 0.6) is 0 Å². The first kappa shape index (κ1) is 13.5. The molecule has 2 nitrogen and oxygen atoms in total. The average molecular weight is 199 g/mol. The summed E-state index contributed by atoms with van der Waals surface area (Å²) in [4.78, 5) is 13.7. The molecular weight excluding hydrogens is 174 g/mol. The maximum absolute atomic E-state index is 11.7. The van der Waals surface area contributed by atoms with Gasteiger partial charge in [-0.15, -0.1) is 0 Å². The van der Waals surface area contributed by atoms with Crippen molar-refractivity contribution in [3.05, 3.63) is 0 Å². The van der Waals surface area contributed by atoms with Gasteiger partial charge in [0.15, 0.2) is 0 Å². The number of piperidine rings is 1. The number of hydrogen-bond donors (Lipinski definition) is 0. The molecule has 1 aliphatic heterocycles. The summed E-state index contributed by atoms with van der Waals surface area (Å²) in [7, 11) is 0. The van der Waals surface area contributed by atoms with Crippen molar-refractivity contribution in [2.45, 2.75) is 53.4 Å². The molecule has 0 aromatic heterocycles. The van der Waals surface area contributed by atoms with Gasteiger partial charge in [0.25, 0.3) is 0 Å². The summed E-state index contributed by atoms with van der Waals surface area (Å²) < 4.78 is 0. The van der Waals surface area contributed by atoms with Crippen molar-refractivity contribution >= 4 is 5.91 Å². The molecule has 0 saturated carbocycles. The second kappa shape index (κ2) is 7.84. The van der Waals surface area contributed by atoms with Gasteiger partial charge in [0.2, 0.25) is 5.91 Å². The Bertz CT molecular complexity index is 150. The van der Waals surface area contributed by atoms with Crippen molar-refractivity contribution in [1.29, 1.82) is 0 Å². The lowest BCUT2D eigenvalue weighted by molar-refractivity contribution is -0.135. The van der Waals surface area contributed by atoms with Gasteiger partial charge in [-0.25, -0.2) is 0 Å². The van der Waals surface area contributed by atoms with Crippen LogP contribution in [0, 0.1) is 5.92 Å². The number of carbonyl (C=O) groups is 1. The third kappa shape index (κ3) is 4.12. The number of likely N-dealkylation sites (tertiary alicyclic amines) is 1. The van der Waals surface area contributed by atoms with Crippen LogP contribution in [0.25, 0.3) is 0 Å². The van der Waals surface area contributed by atoms with E-state index in [0.29, 0.717) is 5.91 Å². The largest absolute Gasteiger partial charge is 0.342 e. The Morgan fingerprint density at radius 1 is 1.21 bits per heavy atom. The summed E-state index contributed by atoms with van der Waals surface area (Å²) in [6.45, 7) is 10.1. The van der Waals surface area contributed by atoms with Gasteiger partial charge >= 0.3 is 0 Å². The van der Waals surface area contributed by atoms with Gasteiger partial charge in [-0.2, -0.15) is 0 Å². The predicted octanol–water partition coefficient (Wildman–Crippen LogP) is 3.07. The highest BCUT2D eigenvalue weighted by atomic mass is 16.2. The summed E-state index contributed by atoms with van der Waals surface area (Å²) in [6, 6.07) is 0. The lowest BCUT2D eigenvalue weighted by Crippen LogP contribution is -2.38. The zero-order chi connectivity index (χ0) is 11.0. The molecular formula is C12H25NO. The van der Waals surface area contributed by atoms with Crippen LogP contribution in [0.2, 0.25) is 0 Å². The molecule has 0 aromatic rings. The van der Waals surface area contributed by atoms with E-state index in [-0.39, 0.29) is 5.92 Å². The van der Waals surface area contributed by atoms with Crippen molar-refractivity contribution in [1.82, 2.24) is 4.90 Å². The maximum atomic E-state index is 11.7. The first-order valence-corrected chi connectivity index (χ1v) is 6.04. The summed E-state index contributed by atoms with van der Waals surface area (Å²) in [5.74, 6) is 0.584. The van der Waals surface area contributed by atoms with E-state index in [2.05, 4.69) is 6.92 Å². The molecule has 1 atom stereocenters. The Labute approximate surface area is 88.7 Å². The van der Waals surface area contributed by atoms with E-state index in [4.69, 9.17) is 0 Å². The first-order chi connectivity index (χ1) is 6.75. The van der Waals surface area contributed by atoms with E-state index in [1.54, 1.807) is 0 Å². The fraction of sp³-hybridized carbons (Fsp3) is 0.917. The van der Waals surface area contributed by atoms with E-state index in [9.17, 15) is 4.79 Å². The van der Waals surface area contributed by atoms with Gasteiger partial charge in [0, 0.05) is 19.0 Å². The van der Waals surface area contributed by atoms with E-state index in [1.807, 2.05) is 25.7 Å². The highest BCUT2D eigenvalue weighted by molar-refractivity contribution is 5.78. The van der Waals surface area contributed by atoms with Crippen LogP contribution in [0.4, 0.5) is 0 Å². The number of nitrogens with zero attached hydrogens (tertiary/aromatic N) is 1. The Balaban J connectivity index is 0.000000791. The highest BCUT2D eigenvalue weighted by Gasteiger charge is 2.20. The second-order valence-corrected chi connectivity index (χ2v) is 3.70. The molecule has 1 saturated heterocycles. The molecule has 2 heteroatoms. The number of hydrogen-bond acceptors (Lipinski definition) is 1. The van der Waals surface area contributed by atoms with Crippen LogP contribution in [-0.2, 0) is 4.79 Å². The van der Waals surface area contributed by atoms with Crippen LogP contribution >= 0.6 is 0 Å². The average Bonchev–Trinajstić information content (AvgIpc) is 2.31. The topological polar surface area (TPSA) is 20.3 Å².